The maximum Gasteiger partial charge on any atom is 0.264 e. The molecule has 7 nitrogen and oxygen atoms in total. The highest BCUT2D eigenvalue weighted by Gasteiger charge is 2.23. The van der Waals surface area contributed by atoms with Gasteiger partial charge in [0.25, 0.3) is 10.0 Å². The number of aromatic nitrogens is 2. The van der Waals surface area contributed by atoms with Gasteiger partial charge < -0.3 is 15.4 Å². The van der Waals surface area contributed by atoms with Crippen molar-refractivity contribution in [2.24, 2.45) is 0 Å². The molecule has 8 heteroatoms. The zero-order valence-electron chi connectivity index (χ0n) is 22.6. The second kappa shape index (κ2) is 11.2. The number of nitrogens with one attached hydrogen (secondary N) is 2. The van der Waals surface area contributed by atoms with Gasteiger partial charge >= 0.3 is 0 Å². The number of pyridine rings is 1. The Bertz CT molecular complexity index is 1920. The molecular formula is C33H30N4O3S. The lowest BCUT2D eigenvalue weighted by molar-refractivity contribution is 0.292. The zero-order valence-corrected chi connectivity index (χ0v) is 23.4. The van der Waals surface area contributed by atoms with E-state index in [0.717, 1.165) is 49.8 Å². The molecular weight excluding hydrogens is 532 g/mol. The van der Waals surface area contributed by atoms with E-state index < -0.39 is 10.0 Å². The van der Waals surface area contributed by atoms with Gasteiger partial charge in [-0.05, 0) is 47.0 Å². The summed E-state index contributed by atoms with van der Waals surface area (Å²) in [5.41, 5.74) is 7.37. The molecule has 6 aromatic rings. The van der Waals surface area contributed by atoms with Crippen LogP contribution in [0.5, 0.6) is 0 Å². The molecule has 0 spiro atoms. The summed E-state index contributed by atoms with van der Waals surface area (Å²) in [6, 6.07) is 32.6. The maximum absolute atomic E-state index is 13.4. The number of anilines is 1. The second-order valence-electron chi connectivity index (χ2n) is 9.87. The van der Waals surface area contributed by atoms with Crippen molar-refractivity contribution in [3.8, 4) is 22.3 Å². The highest BCUT2D eigenvalue weighted by atomic mass is 32.2. The van der Waals surface area contributed by atoms with Crippen molar-refractivity contribution in [3.63, 3.8) is 0 Å². The van der Waals surface area contributed by atoms with Crippen molar-refractivity contribution in [2.75, 3.05) is 24.5 Å². The molecule has 41 heavy (non-hydrogen) atoms. The quantitative estimate of drug-likeness (QED) is 0.189. The molecule has 2 aromatic heterocycles. The van der Waals surface area contributed by atoms with Crippen LogP contribution in [0.3, 0.4) is 0 Å². The first-order valence-electron chi connectivity index (χ1n) is 13.4. The van der Waals surface area contributed by atoms with Gasteiger partial charge in [-0.3, -0.25) is 4.31 Å². The Morgan fingerprint density at radius 3 is 2.29 bits per heavy atom. The Morgan fingerprint density at radius 1 is 0.878 bits per heavy atom. The standard InChI is InChI=1S/C33H30N4O3S/c1-37(41(39,40)27-10-6-3-7-11-27)26-16-17-30-28(20-26)32-31(25-8-4-2-5-9-25)29(22-35-33(32)36-30)24-14-12-23(13-15-24)21-34-18-19-38/h2-17,20,22,34,38H,18-19,21H2,1H3,(H,35,36). The molecule has 0 amide bonds. The van der Waals surface area contributed by atoms with E-state index in [1.54, 1.807) is 37.4 Å². The van der Waals surface area contributed by atoms with Crippen LogP contribution in [-0.2, 0) is 16.6 Å². The van der Waals surface area contributed by atoms with Gasteiger partial charge in [-0.1, -0.05) is 72.8 Å². The van der Waals surface area contributed by atoms with Crippen LogP contribution in [0.4, 0.5) is 5.69 Å². The molecule has 0 saturated heterocycles. The Morgan fingerprint density at radius 2 is 1.59 bits per heavy atom. The lowest BCUT2D eigenvalue weighted by Crippen LogP contribution is -2.26. The average molecular weight is 563 g/mol. The average Bonchev–Trinajstić information content (AvgIpc) is 3.39. The number of aliphatic hydroxyl groups excluding tert-OH is 1. The van der Waals surface area contributed by atoms with E-state index in [0.29, 0.717) is 18.8 Å². The van der Waals surface area contributed by atoms with E-state index in [1.807, 2.05) is 42.6 Å². The Labute approximate surface area is 239 Å². The van der Waals surface area contributed by atoms with Crippen LogP contribution in [0.1, 0.15) is 5.56 Å². The van der Waals surface area contributed by atoms with Gasteiger partial charge in [0.2, 0.25) is 0 Å². The Kier molecular flexibility index (Phi) is 7.28. The summed E-state index contributed by atoms with van der Waals surface area (Å²) in [4.78, 5) is 8.48. The number of aliphatic hydroxyl groups is 1. The lowest BCUT2D eigenvalue weighted by Gasteiger charge is -2.20. The van der Waals surface area contributed by atoms with Crippen LogP contribution in [-0.4, -0.2) is 43.7 Å². The van der Waals surface area contributed by atoms with Crippen LogP contribution >= 0.6 is 0 Å². The monoisotopic (exact) mass is 562 g/mol. The number of hydrogen-bond acceptors (Lipinski definition) is 5. The SMILES string of the molecule is CN(c1ccc2[nH]c3ncc(-c4ccc(CNCCO)cc4)c(-c4ccccc4)c3c2c1)S(=O)(=O)c1ccccc1. The number of nitrogens with zero attached hydrogens (tertiary/aromatic N) is 2. The maximum atomic E-state index is 13.4. The third kappa shape index (κ3) is 5.09. The van der Waals surface area contributed by atoms with Gasteiger partial charge in [-0.2, -0.15) is 0 Å². The summed E-state index contributed by atoms with van der Waals surface area (Å²) in [5, 5.41) is 14.1. The molecule has 0 radical (unpaired) electrons. The fraction of sp³-hybridized carbons (Fsp3) is 0.121. The highest BCUT2D eigenvalue weighted by molar-refractivity contribution is 7.92. The van der Waals surface area contributed by atoms with E-state index in [1.165, 1.54) is 4.31 Å². The summed E-state index contributed by atoms with van der Waals surface area (Å²) in [7, 11) is -2.15. The summed E-state index contributed by atoms with van der Waals surface area (Å²) in [5.74, 6) is 0. The van der Waals surface area contributed by atoms with Gasteiger partial charge in [-0.25, -0.2) is 13.4 Å². The summed E-state index contributed by atoms with van der Waals surface area (Å²) in [6.07, 6.45) is 1.89. The summed E-state index contributed by atoms with van der Waals surface area (Å²) < 4.78 is 28.1. The molecule has 0 aliphatic rings. The minimum atomic E-state index is -3.73. The van der Waals surface area contributed by atoms with E-state index in [-0.39, 0.29) is 11.5 Å². The first-order valence-corrected chi connectivity index (χ1v) is 14.9. The zero-order chi connectivity index (χ0) is 28.4. The number of aromatic amines is 1. The molecule has 2 heterocycles. The molecule has 0 bridgehead atoms. The van der Waals surface area contributed by atoms with Crippen LogP contribution in [0.2, 0.25) is 0 Å². The van der Waals surface area contributed by atoms with E-state index in [2.05, 4.69) is 46.7 Å². The minimum Gasteiger partial charge on any atom is -0.395 e. The normalized spacial score (nSPS) is 11.8. The first kappa shape index (κ1) is 26.7. The molecule has 0 atom stereocenters. The number of hydrogen-bond donors (Lipinski definition) is 3. The second-order valence-corrected chi connectivity index (χ2v) is 11.8. The van der Waals surface area contributed by atoms with Gasteiger partial charge in [-0.15, -0.1) is 0 Å². The number of sulfonamides is 1. The predicted octanol–water partition coefficient (Wildman–Crippen LogP) is 5.96. The molecule has 0 fully saturated rings. The molecule has 0 saturated carbocycles. The molecule has 3 N–H and O–H groups in total. The summed E-state index contributed by atoms with van der Waals surface area (Å²) >= 11 is 0. The van der Waals surface area contributed by atoms with Crippen molar-refractivity contribution in [2.45, 2.75) is 11.4 Å². The molecule has 4 aromatic carbocycles. The molecule has 6 rings (SSSR count). The first-order chi connectivity index (χ1) is 20.0. The fourth-order valence-electron chi connectivity index (χ4n) is 5.17. The number of fused-ring (bicyclic) bond motifs is 3. The topological polar surface area (TPSA) is 98.3 Å². The molecule has 0 aliphatic heterocycles. The molecule has 0 aliphatic carbocycles. The van der Waals surface area contributed by atoms with Crippen LogP contribution < -0.4 is 9.62 Å². The van der Waals surface area contributed by atoms with Crippen molar-refractivity contribution in [3.05, 3.63) is 115 Å². The number of rotatable bonds is 9. The van der Waals surface area contributed by atoms with Crippen LogP contribution in [0.15, 0.2) is 114 Å². The van der Waals surface area contributed by atoms with Crippen molar-refractivity contribution >= 4 is 37.6 Å². The van der Waals surface area contributed by atoms with E-state index in [4.69, 9.17) is 10.1 Å². The van der Waals surface area contributed by atoms with Crippen LogP contribution in [0, 0.1) is 0 Å². The lowest BCUT2D eigenvalue weighted by atomic mass is 9.92. The largest absolute Gasteiger partial charge is 0.395 e. The van der Waals surface area contributed by atoms with E-state index >= 15 is 0 Å². The number of H-pyrrole nitrogens is 1. The van der Waals surface area contributed by atoms with Gasteiger partial charge in [0.15, 0.2) is 0 Å². The fourth-order valence-corrected chi connectivity index (χ4v) is 6.38. The van der Waals surface area contributed by atoms with Crippen molar-refractivity contribution in [1.29, 1.82) is 0 Å². The third-order valence-corrected chi connectivity index (χ3v) is 9.11. The summed E-state index contributed by atoms with van der Waals surface area (Å²) in [6.45, 7) is 1.32. The smallest absolute Gasteiger partial charge is 0.264 e. The van der Waals surface area contributed by atoms with Crippen LogP contribution in [0.25, 0.3) is 44.2 Å². The molecule has 206 valence electrons. The minimum absolute atomic E-state index is 0.102. The van der Waals surface area contributed by atoms with Gasteiger partial charge in [0.1, 0.15) is 5.65 Å². The predicted molar refractivity (Wildman–Crippen MR) is 165 cm³/mol. The van der Waals surface area contributed by atoms with Crippen molar-refractivity contribution < 1.29 is 13.5 Å². The molecule has 0 unspecified atom stereocenters. The number of benzene rings is 4. The van der Waals surface area contributed by atoms with Gasteiger partial charge in [0, 0.05) is 53.8 Å². The van der Waals surface area contributed by atoms with E-state index in [9.17, 15) is 8.42 Å². The van der Waals surface area contributed by atoms with Gasteiger partial charge in [0.05, 0.1) is 17.2 Å². The third-order valence-electron chi connectivity index (χ3n) is 7.31. The Hall–Kier alpha value is -4.50. The highest BCUT2D eigenvalue weighted by Crippen LogP contribution is 2.41. The Balaban J connectivity index is 1.52. The van der Waals surface area contributed by atoms with Crippen molar-refractivity contribution in [1.82, 2.24) is 15.3 Å².